The van der Waals surface area contributed by atoms with Crippen LogP contribution in [0.4, 0.5) is 10.1 Å². The second-order valence-corrected chi connectivity index (χ2v) is 9.23. The second-order valence-electron chi connectivity index (χ2n) is 9.23. The molecular formula is C30H28FN3O3. The SMILES string of the molecule is COc1ccc(N(C)C(=O)[C@@H]2Cc3cc(F)cc(c3)C/C=C/c3[nH]c4ccccc4c3CC(=O)N2)cc1. The van der Waals surface area contributed by atoms with Crippen LogP contribution in [0.15, 0.2) is 72.8 Å². The summed E-state index contributed by atoms with van der Waals surface area (Å²) in [6, 6.07) is 18.8. The molecule has 6 nitrogen and oxygen atoms in total. The molecule has 0 saturated carbocycles. The number of allylic oxidation sites excluding steroid dienone is 1. The van der Waals surface area contributed by atoms with Crippen molar-refractivity contribution in [2.24, 2.45) is 0 Å². The summed E-state index contributed by atoms with van der Waals surface area (Å²) >= 11 is 0. The first-order chi connectivity index (χ1) is 17.9. The van der Waals surface area contributed by atoms with Crippen molar-refractivity contribution >= 4 is 34.5 Å². The van der Waals surface area contributed by atoms with E-state index < -0.39 is 6.04 Å². The Bertz CT molecular complexity index is 1490. The lowest BCUT2D eigenvalue weighted by Gasteiger charge is -2.25. The lowest BCUT2D eigenvalue weighted by molar-refractivity contribution is -0.127. The van der Waals surface area contributed by atoms with E-state index in [0.717, 1.165) is 27.7 Å². The van der Waals surface area contributed by atoms with E-state index in [1.165, 1.54) is 17.0 Å². The fraction of sp³-hybridized carbons (Fsp3) is 0.200. The summed E-state index contributed by atoms with van der Waals surface area (Å²) in [5.41, 5.74) is 4.71. The second kappa shape index (κ2) is 10.3. The highest BCUT2D eigenvalue weighted by atomic mass is 19.1. The molecule has 0 saturated heterocycles. The largest absolute Gasteiger partial charge is 0.497 e. The number of methoxy groups -OCH3 is 1. The third-order valence-electron chi connectivity index (χ3n) is 6.70. The number of fused-ring (bicyclic) bond motifs is 5. The van der Waals surface area contributed by atoms with Gasteiger partial charge in [-0.2, -0.15) is 0 Å². The van der Waals surface area contributed by atoms with Crippen LogP contribution in [-0.2, 0) is 28.9 Å². The van der Waals surface area contributed by atoms with E-state index in [4.69, 9.17) is 4.74 Å². The molecule has 4 aromatic rings. The van der Waals surface area contributed by atoms with Crippen molar-refractivity contribution < 1.29 is 18.7 Å². The lowest BCUT2D eigenvalue weighted by Crippen LogP contribution is -2.49. The average Bonchev–Trinajstić information content (AvgIpc) is 3.24. The minimum atomic E-state index is -0.878. The standard InChI is InChI=1S/C30H28FN3O3/c1-34(22-10-12-23(37-2)13-11-22)30(36)28-17-20-14-19(15-21(31)16-20)6-5-9-27-25(18-29(35)33-28)24-7-3-4-8-26(24)32-27/h3-5,7-16,28,32H,6,17-18H2,1-2H3,(H,33,35)/b9-5+/t28-/m0/s1. The maximum atomic E-state index is 14.5. The van der Waals surface area contributed by atoms with Crippen LogP contribution in [0, 0.1) is 5.82 Å². The molecule has 1 atom stereocenters. The summed E-state index contributed by atoms with van der Waals surface area (Å²) in [4.78, 5) is 31.8. The van der Waals surface area contributed by atoms with Gasteiger partial charge in [-0.05, 0) is 71.7 Å². The predicted octanol–water partition coefficient (Wildman–Crippen LogP) is 4.82. The molecule has 0 radical (unpaired) electrons. The number of hydrogen-bond donors (Lipinski definition) is 2. The van der Waals surface area contributed by atoms with E-state index in [0.29, 0.717) is 23.4 Å². The number of anilines is 1. The Hall–Kier alpha value is -4.39. The minimum Gasteiger partial charge on any atom is -0.497 e. The Morgan fingerprint density at radius 2 is 1.81 bits per heavy atom. The number of hydrogen-bond acceptors (Lipinski definition) is 3. The third kappa shape index (κ3) is 5.26. The molecule has 0 unspecified atom stereocenters. The van der Waals surface area contributed by atoms with Crippen molar-refractivity contribution in [3.8, 4) is 5.75 Å². The number of carbonyl (C=O) groups excluding carboxylic acids is 2. The van der Waals surface area contributed by atoms with Crippen LogP contribution in [0.1, 0.15) is 22.4 Å². The van der Waals surface area contributed by atoms with Crippen molar-refractivity contribution in [3.63, 3.8) is 0 Å². The number of aromatic nitrogens is 1. The van der Waals surface area contributed by atoms with E-state index in [1.54, 1.807) is 38.4 Å². The molecule has 2 heterocycles. The number of nitrogens with zero attached hydrogens (tertiary/aromatic N) is 1. The molecule has 5 rings (SSSR count). The van der Waals surface area contributed by atoms with E-state index in [-0.39, 0.29) is 30.5 Å². The minimum absolute atomic E-state index is 0.103. The Labute approximate surface area is 214 Å². The van der Waals surface area contributed by atoms with Gasteiger partial charge in [0.15, 0.2) is 0 Å². The Morgan fingerprint density at radius 3 is 2.59 bits per heavy atom. The van der Waals surface area contributed by atoms with Gasteiger partial charge in [0.05, 0.1) is 13.5 Å². The molecule has 1 aliphatic heterocycles. The molecular weight excluding hydrogens is 469 g/mol. The van der Waals surface area contributed by atoms with Gasteiger partial charge in [0.2, 0.25) is 11.8 Å². The highest BCUT2D eigenvalue weighted by molar-refractivity contribution is 6.00. The van der Waals surface area contributed by atoms with Crippen LogP contribution in [-0.4, -0.2) is 37.0 Å². The monoisotopic (exact) mass is 497 g/mol. The zero-order valence-electron chi connectivity index (χ0n) is 20.8. The van der Waals surface area contributed by atoms with E-state index in [2.05, 4.69) is 10.3 Å². The number of aromatic amines is 1. The first-order valence-corrected chi connectivity index (χ1v) is 12.2. The predicted molar refractivity (Wildman–Crippen MR) is 143 cm³/mol. The molecule has 0 spiro atoms. The lowest BCUT2D eigenvalue weighted by atomic mass is 10.0. The highest BCUT2D eigenvalue weighted by Gasteiger charge is 2.27. The van der Waals surface area contributed by atoms with Gasteiger partial charge in [-0.25, -0.2) is 4.39 Å². The Kier molecular flexibility index (Phi) is 6.77. The molecule has 37 heavy (non-hydrogen) atoms. The quantitative estimate of drug-likeness (QED) is 0.426. The van der Waals surface area contributed by atoms with Crippen LogP contribution in [0.3, 0.4) is 0 Å². The maximum Gasteiger partial charge on any atom is 0.249 e. The van der Waals surface area contributed by atoms with Crippen LogP contribution in [0.25, 0.3) is 17.0 Å². The van der Waals surface area contributed by atoms with Gasteiger partial charge in [-0.1, -0.05) is 30.3 Å². The summed E-state index contributed by atoms with van der Waals surface area (Å²) in [6.45, 7) is 0. The van der Waals surface area contributed by atoms with Gasteiger partial charge < -0.3 is 19.9 Å². The summed E-state index contributed by atoms with van der Waals surface area (Å²) in [5.74, 6) is -0.272. The smallest absolute Gasteiger partial charge is 0.249 e. The topological polar surface area (TPSA) is 74.4 Å². The van der Waals surface area contributed by atoms with Crippen molar-refractivity contribution in [3.05, 3.63) is 101 Å². The maximum absolute atomic E-state index is 14.5. The number of ether oxygens (including phenoxy) is 1. The number of H-pyrrole nitrogens is 1. The fourth-order valence-electron chi connectivity index (χ4n) is 4.83. The molecule has 0 fully saturated rings. The number of amides is 2. The number of rotatable bonds is 3. The summed E-state index contributed by atoms with van der Waals surface area (Å²) < 4.78 is 19.7. The van der Waals surface area contributed by atoms with E-state index >= 15 is 0 Å². The Morgan fingerprint density at radius 1 is 1.05 bits per heavy atom. The molecule has 1 aliphatic rings. The van der Waals surface area contributed by atoms with Crippen molar-refractivity contribution in [2.45, 2.75) is 25.3 Å². The normalized spacial score (nSPS) is 16.5. The number of carbonyl (C=O) groups is 2. The number of para-hydroxylation sites is 1. The molecule has 2 N–H and O–H groups in total. The number of nitrogens with one attached hydrogen (secondary N) is 2. The average molecular weight is 498 g/mol. The van der Waals surface area contributed by atoms with E-state index in [9.17, 15) is 14.0 Å². The summed E-state index contributed by atoms with van der Waals surface area (Å²) in [6.07, 6.45) is 4.69. The van der Waals surface area contributed by atoms with Crippen LogP contribution < -0.4 is 15.0 Å². The van der Waals surface area contributed by atoms with E-state index in [1.807, 2.05) is 42.5 Å². The van der Waals surface area contributed by atoms with Gasteiger partial charge in [-0.15, -0.1) is 0 Å². The molecule has 0 aliphatic carbocycles. The molecule has 2 bridgehead atoms. The van der Waals surface area contributed by atoms with Crippen LogP contribution in [0.2, 0.25) is 0 Å². The molecule has 2 amide bonds. The number of likely N-dealkylation sites (N-methyl/N-ethyl adjacent to an activating group) is 1. The van der Waals surface area contributed by atoms with Gasteiger partial charge in [0.1, 0.15) is 17.6 Å². The van der Waals surface area contributed by atoms with Crippen molar-refractivity contribution in [1.82, 2.24) is 10.3 Å². The first kappa shape index (κ1) is 24.3. The zero-order chi connectivity index (χ0) is 25.9. The number of benzene rings is 3. The molecule has 1 aromatic heterocycles. The van der Waals surface area contributed by atoms with Gasteiger partial charge >= 0.3 is 0 Å². The van der Waals surface area contributed by atoms with Gasteiger partial charge in [0.25, 0.3) is 0 Å². The van der Waals surface area contributed by atoms with Crippen LogP contribution in [0.5, 0.6) is 5.75 Å². The Balaban J connectivity index is 1.52. The van der Waals surface area contributed by atoms with Crippen molar-refractivity contribution in [1.29, 1.82) is 0 Å². The molecule has 7 heteroatoms. The third-order valence-corrected chi connectivity index (χ3v) is 6.70. The summed E-state index contributed by atoms with van der Waals surface area (Å²) in [5, 5.41) is 3.89. The first-order valence-electron chi connectivity index (χ1n) is 12.2. The van der Waals surface area contributed by atoms with Gasteiger partial charge in [0, 0.05) is 35.8 Å². The summed E-state index contributed by atoms with van der Waals surface area (Å²) in [7, 11) is 3.24. The van der Waals surface area contributed by atoms with Crippen molar-refractivity contribution in [2.75, 3.05) is 19.1 Å². The van der Waals surface area contributed by atoms with Crippen LogP contribution >= 0.6 is 0 Å². The van der Waals surface area contributed by atoms with Gasteiger partial charge in [-0.3, -0.25) is 9.59 Å². The zero-order valence-corrected chi connectivity index (χ0v) is 20.8. The fourth-order valence-corrected chi connectivity index (χ4v) is 4.83. The molecule has 188 valence electrons. The highest BCUT2D eigenvalue weighted by Crippen LogP contribution is 2.25. The number of halogens is 1. The molecule has 3 aromatic carbocycles.